The van der Waals surface area contributed by atoms with Crippen molar-refractivity contribution in [3.05, 3.63) is 66.1 Å². The zero-order valence-corrected chi connectivity index (χ0v) is 12.2. The Balaban J connectivity index is 1.65. The fourth-order valence-electron chi connectivity index (χ4n) is 2.32. The number of imidazole rings is 1. The highest BCUT2D eigenvalue weighted by Gasteiger charge is 2.11. The van der Waals surface area contributed by atoms with E-state index in [0.717, 1.165) is 11.0 Å². The van der Waals surface area contributed by atoms with Gasteiger partial charge in [0, 0.05) is 5.56 Å². The first-order valence-corrected chi connectivity index (χ1v) is 7.10. The topological polar surface area (TPSA) is 101 Å². The van der Waals surface area contributed by atoms with Crippen LogP contribution in [-0.2, 0) is 11.2 Å². The van der Waals surface area contributed by atoms with E-state index in [1.54, 1.807) is 24.3 Å². The Hall–Kier alpha value is -3.15. The number of rotatable bonds is 5. The van der Waals surface area contributed by atoms with E-state index in [4.69, 9.17) is 5.73 Å². The summed E-state index contributed by atoms with van der Waals surface area (Å²) in [6.07, 6.45) is 1.76. The molecule has 0 saturated carbocycles. The SMILES string of the molecule is NC(=O)c1ccccc1C[CH]C(=O)Nc1nc2ccccc2[nH]1. The average Bonchev–Trinajstić information content (AvgIpc) is 2.95. The lowest BCUT2D eigenvalue weighted by atomic mass is 10.0. The van der Waals surface area contributed by atoms with Crippen LogP contribution >= 0.6 is 0 Å². The molecule has 115 valence electrons. The Bertz CT molecular complexity index is 837. The minimum absolute atomic E-state index is 0.302. The van der Waals surface area contributed by atoms with E-state index in [0.29, 0.717) is 23.5 Å². The first kappa shape index (κ1) is 14.8. The van der Waals surface area contributed by atoms with Gasteiger partial charge in [0.1, 0.15) is 0 Å². The number of nitrogens with one attached hydrogen (secondary N) is 2. The number of nitrogens with two attached hydrogens (primary N) is 1. The molecule has 2 aromatic carbocycles. The van der Waals surface area contributed by atoms with Gasteiger partial charge in [-0.3, -0.25) is 14.9 Å². The number of aromatic nitrogens is 2. The fraction of sp³-hybridized carbons (Fsp3) is 0.0588. The molecule has 0 aliphatic carbocycles. The third-order valence-electron chi connectivity index (χ3n) is 3.42. The summed E-state index contributed by atoms with van der Waals surface area (Å²) < 4.78 is 0. The number of amides is 2. The van der Waals surface area contributed by atoms with E-state index in [-0.39, 0.29) is 5.91 Å². The third kappa shape index (κ3) is 3.37. The van der Waals surface area contributed by atoms with Gasteiger partial charge in [0.05, 0.1) is 17.5 Å². The molecule has 1 radical (unpaired) electrons. The maximum Gasteiger partial charge on any atom is 0.248 e. The molecule has 6 nitrogen and oxygen atoms in total. The maximum atomic E-state index is 12.0. The molecule has 0 saturated heterocycles. The van der Waals surface area contributed by atoms with Gasteiger partial charge in [-0.25, -0.2) is 4.98 Å². The summed E-state index contributed by atoms with van der Waals surface area (Å²) in [6, 6.07) is 14.4. The molecule has 0 unspecified atom stereocenters. The molecule has 4 N–H and O–H groups in total. The molecule has 1 heterocycles. The number of anilines is 1. The molecular formula is C17H15N4O2. The van der Waals surface area contributed by atoms with E-state index >= 15 is 0 Å². The summed E-state index contributed by atoms with van der Waals surface area (Å²) in [5.74, 6) is -0.425. The molecule has 3 rings (SSSR count). The molecule has 0 atom stereocenters. The molecule has 0 aliphatic heterocycles. The van der Waals surface area contributed by atoms with Gasteiger partial charge in [0.15, 0.2) is 0 Å². The Labute approximate surface area is 132 Å². The molecule has 1 aromatic heterocycles. The Morgan fingerprint density at radius 1 is 1.13 bits per heavy atom. The molecule has 0 aliphatic rings. The smallest absolute Gasteiger partial charge is 0.248 e. The van der Waals surface area contributed by atoms with Crippen LogP contribution in [0.5, 0.6) is 0 Å². The van der Waals surface area contributed by atoms with Crippen molar-refractivity contribution in [2.75, 3.05) is 5.32 Å². The van der Waals surface area contributed by atoms with Gasteiger partial charge in [-0.1, -0.05) is 30.3 Å². The van der Waals surface area contributed by atoms with Crippen LogP contribution in [0.4, 0.5) is 5.95 Å². The van der Waals surface area contributed by atoms with Gasteiger partial charge in [-0.2, -0.15) is 0 Å². The number of nitrogens with zero attached hydrogens (tertiary/aromatic N) is 1. The van der Waals surface area contributed by atoms with Crippen molar-refractivity contribution in [1.82, 2.24) is 9.97 Å². The van der Waals surface area contributed by atoms with Gasteiger partial charge in [-0.05, 0) is 30.2 Å². The Kier molecular flexibility index (Phi) is 4.05. The van der Waals surface area contributed by atoms with Crippen LogP contribution in [0.2, 0.25) is 0 Å². The molecule has 3 aromatic rings. The summed E-state index contributed by atoms with van der Waals surface area (Å²) in [5, 5.41) is 2.67. The number of carbonyl (C=O) groups is 2. The number of H-pyrrole nitrogens is 1. The lowest BCUT2D eigenvalue weighted by Gasteiger charge is -2.06. The Morgan fingerprint density at radius 3 is 2.65 bits per heavy atom. The number of hydrogen-bond acceptors (Lipinski definition) is 3. The van der Waals surface area contributed by atoms with Gasteiger partial charge in [-0.15, -0.1) is 0 Å². The second-order valence-corrected chi connectivity index (χ2v) is 5.02. The summed E-state index contributed by atoms with van der Waals surface area (Å²) in [6.45, 7) is 0. The molecule has 0 bridgehead atoms. The van der Waals surface area contributed by atoms with Crippen LogP contribution in [0, 0.1) is 6.42 Å². The first-order chi connectivity index (χ1) is 11.1. The van der Waals surface area contributed by atoms with Gasteiger partial charge in [0.25, 0.3) is 0 Å². The van der Waals surface area contributed by atoms with Crippen LogP contribution in [0.15, 0.2) is 48.5 Å². The van der Waals surface area contributed by atoms with E-state index in [1.807, 2.05) is 24.3 Å². The monoisotopic (exact) mass is 307 g/mol. The predicted molar refractivity (Wildman–Crippen MR) is 87.7 cm³/mol. The second kappa shape index (κ2) is 6.31. The zero-order valence-electron chi connectivity index (χ0n) is 12.2. The minimum atomic E-state index is -0.508. The number of hydrogen-bond donors (Lipinski definition) is 3. The average molecular weight is 307 g/mol. The van der Waals surface area contributed by atoms with Crippen LogP contribution in [0.25, 0.3) is 11.0 Å². The number of fused-ring (bicyclic) bond motifs is 1. The highest BCUT2D eigenvalue weighted by atomic mass is 16.2. The maximum absolute atomic E-state index is 12.0. The standard InChI is InChI=1S/C17H15N4O2/c18-16(23)12-6-2-1-5-11(12)9-10-15(22)21-17-19-13-7-3-4-8-14(13)20-17/h1-8,10H,9H2,(H2,18,23)(H2,19,20,21,22). The van der Waals surface area contributed by atoms with Gasteiger partial charge in [0.2, 0.25) is 17.8 Å². The lowest BCUT2D eigenvalue weighted by Crippen LogP contribution is -2.17. The van der Waals surface area contributed by atoms with Crippen molar-refractivity contribution in [2.24, 2.45) is 5.73 Å². The lowest BCUT2D eigenvalue weighted by molar-refractivity contribution is -0.113. The Morgan fingerprint density at radius 2 is 1.87 bits per heavy atom. The minimum Gasteiger partial charge on any atom is -0.366 e. The summed E-state index contributed by atoms with van der Waals surface area (Å²) >= 11 is 0. The summed E-state index contributed by atoms with van der Waals surface area (Å²) in [4.78, 5) is 30.6. The van der Waals surface area contributed by atoms with Crippen molar-refractivity contribution in [3.8, 4) is 0 Å². The zero-order chi connectivity index (χ0) is 16.2. The van der Waals surface area contributed by atoms with Crippen LogP contribution < -0.4 is 11.1 Å². The van der Waals surface area contributed by atoms with Crippen LogP contribution in [0.3, 0.4) is 0 Å². The van der Waals surface area contributed by atoms with Crippen molar-refractivity contribution in [3.63, 3.8) is 0 Å². The summed E-state index contributed by atoms with van der Waals surface area (Å²) in [5.41, 5.74) is 8.07. The van der Waals surface area contributed by atoms with Crippen molar-refractivity contribution >= 4 is 28.8 Å². The highest BCUT2D eigenvalue weighted by Crippen LogP contribution is 2.14. The molecule has 6 heteroatoms. The molecule has 0 fully saturated rings. The van der Waals surface area contributed by atoms with E-state index in [1.165, 1.54) is 6.42 Å². The second-order valence-electron chi connectivity index (χ2n) is 5.02. The highest BCUT2D eigenvalue weighted by molar-refractivity contribution is 5.98. The van der Waals surface area contributed by atoms with Crippen molar-refractivity contribution < 1.29 is 9.59 Å². The fourth-order valence-corrected chi connectivity index (χ4v) is 2.32. The number of para-hydroxylation sites is 2. The first-order valence-electron chi connectivity index (χ1n) is 7.10. The molecule has 2 amide bonds. The van der Waals surface area contributed by atoms with Crippen LogP contribution in [-0.4, -0.2) is 21.8 Å². The van der Waals surface area contributed by atoms with Crippen LogP contribution in [0.1, 0.15) is 15.9 Å². The third-order valence-corrected chi connectivity index (χ3v) is 3.42. The normalized spacial score (nSPS) is 10.6. The van der Waals surface area contributed by atoms with Crippen molar-refractivity contribution in [2.45, 2.75) is 6.42 Å². The van der Waals surface area contributed by atoms with E-state index in [9.17, 15) is 9.59 Å². The van der Waals surface area contributed by atoms with E-state index < -0.39 is 5.91 Å². The number of aromatic amines is 1. The van der Waals surface area contributed by atoms with E-state index in [2.05, 4.69) is 15.3 Å². The molecular weight excluding hydrogens is 292 g/mol. The quantitative estimate of drug-likeness (QED) is 0.672. The van der Waals surface area contributed by atoms with Gasteiger partial charge < -0.3 is 10.7 Å². The summed E-state index contributed by atoms with van der Waals surface area (Å²) in [7, 11) is 0. The largest absolute Gasteiger partial charge is 0.366 e. The predicted octanol–water partition coefficient (Wildman–Crippen LogP) is 2.05. The molecule has 23 heavy (non-hydrogen) atoms. The number of carbonyl (C=O) groups excluding carboxylic acids is 2. The number of primary amides is 1. The molecule has 0 spiro atoms. The number of benzene rings is 2. The van der Waals surface area contributed by atoms with Crippen molar-refractivity contribution in [1.29, 1.82) is 0 Å². The van der Waals surface area contributed by atoms with Gasteiger partial charge >= 0.3 is 0 Å².